The van der Waals surface area contributed by atoms with Crippen LogP contribution in [0.2, 0.25) is 0 Å². The van der Waals surface area contributed by atoms with E-state index < -0.39 is 17.4 Å². The molecule has 0 radical (unpaired) electrons. The number of Topliss-reactive ketones (excluding diaryl/α,β-unsaturated/α-hetero) is 1. The highest BCUT2D eigenvalue weighted by Gasteiger charge is 2.50. The molecule has 1 atom stereocenters. The van der Waals surface area contributed by atoms with E-state index in [1.807, 2.05) is 0 Å². The van der Waals surface area contributed by atoms with Gasteiger partial charge in [-0.25, -0.2) is 0 Å². The highest BCUT2D eigenvalue weighted by molar-refractivity contribution is 6.04. The van der Waals surface area contributed by atoms with Crippen molar-refractivity contribution in [2.75, 3.05) is 14.2 Å². The first-order valence-corrected chi connectivity index (χ1v) is 6.48. The highest BCUT2D eigenvalue weighted by Crippen LogP contribution is 2.44. The van der Waals surface area contributed by atoms with Crippen molar-refractivity contribution >= 4 is 11.8 Å². The molecular formula is C15H17NO6. The van der Waals surface area contributed by atoms with Gasteiger partial charge in [-0.3, -0.25) is 9.59 Å². The first-order chi connectivity index (χ1) is 10.3. The lowest BCUT2D eigenvalue weighted by Crippen LogP contribution is -2.32. The fraction of sp³-hybridized carbons (Fsp3) is 0.333. The van der Waals surface area contributed by atoms with Gasteiger partial charge in [0.05, 0.1) is 14.2 Å². The van der Waals surface area contributed by atoms with Crippen LogP contribution in [-0.2, 0) is 24.7 Å². The monoisotopic (exact) mass is 307 g/mol. The van der Waals surface area contributed by atoms with Crippen molar-refractivity contribution in [1.29, 1.82) is 0 Å². The number of methoxy groups -OCH3 is 2. The Bertz CT molecular complexity index is 666. The molecule has 1 aliphatic rings. The summed E-state index contributed by atoms with van der Waals surface area (Å²) in [7, 11) is 2.94. The summed E-state index contributed by atoms with van der Waals surface area (Å²) in [5.74, 6) is -0.981. The molecule has 2 N–H and O–H groups in total. The van der Waals surface area contributed by atoms with E-state index in [4.69, 9.17) is 24.7 Å². The smallest absolute Gasteiger partial charge is 0.308 e. The van der Waals surface area contributed by atoms with Gasteiger partial charge in [-0.05, 0) is 13.0 Å². The van der Waals surface area contributed by atoms with E-state index >= 15 is 0 Å². The maximum absolute atomic E-state index is 12.6. The molecular weight excluding hydrogens is 290 g/mol. The van der Waals surface area contributed by atoms with Crippen molar-refractivity contribution in [3.05, 3.63) is 35.4 Å². The van der Waals surface area contributed by atoms with Gasteiger partial charge < -0.3 is 24.7 Å². The van der Waals surface area contributed by atoms with Crippen molar-refractivity contribution < 1.29 is 28.5 Å². The van der Waals surface area contributed by atoms with Crippen LogP contribution < -0.4 is 15.2 Å². The van der Waals surface area contributed by atoms with Crippen LogP contribution in [0.5, 0.6) is 11.5 Å². The van der Waals surface area contributed by atoms with Crippen LogP contribution in [0.4, 0.5) is 0 Å². The SMILES string of the molecule is COc1cccc(C2(C)OC(N)=C(OC(C)=O)C2=O)c1OC. The fourth-order valence-electron chi connectivity index (χ4n) is 2.32. The Hall–Kier alpha value is -2.70. The van der Waals surface area contributed by atoms with Crippen LogP contribution in [0.15, 0.2) is 29.8 Å². The number of carbonyl (C=O) groups excluding carboxylic acids is 2. The van der Waals surface area contributed by atoms with Gasteiger partial charge in [0.2, 0.25) is 17.2 Å². The van der Waals surface area contributed by atoms with E-state index in [9.17, 15) is 9.59 Å². The van der Waals surface area contributed by atoms with Crippen molar-refractivity contribution in [1.82, 2.24) is 0 Å². The number of hydrogen-bond donors (Lipinski definition) is 1. The van der Waals surface area contributed by atoms with Crippen LogP contribution in [0.25, 0.3) is 0 Å². The van der Waals surface area contributed by atoms with E-state index in [-0.39, 0.29) is 11.6 Å². The molecule has 0 fully saturated rings. The minimum atomic E-state index is -1.46. The van der Waals surface area contributed by atoms with Gasteiger partial charge in [-0.15, -0.1) is 0 Å². The first kappa shape index (κ1) is 15.7. The lowest BCUT2D eigenvalue weighted by Gasteiger charge is -2.25. The van der Waals surface area contributed by atoms with Gasteiger partial charge in [0.15, 0.2) is 11.5 Å². The van der Waals surface area contributed by atoms with Crippen LogP contribution >= 0.6 is 0 Å². The average Bonchev–Trinajstić information content (AvgIpc) is 2.70. The molecule has 0 amide bonds. The molecule has 7 heteroatoms. The quantitative estimate of drug-likeness (QED) is 0.835. The lowest BCUT2D eigenvalue weighted by atomic mass is 9.90. The predicted octanol–water partition coefficient (Wildman–Crippen LogP) is 1.21. The van der Waals surface area contributed by atoms with E-state index in [1.165, 1.54) is 28.1 Å². The summed E-state index contributed by atoms with van der Waals surface area (Å²) in [4.78, 5) is 23.7. The van der Waals surface area contributed by atoms with Crippen LogP contribution in [0.3, 0.4) is 0 Å². The van der Waals surface area contributed by atoms with Crippen molar-refractivity contribution in [3.63, 3.8) is 0 Å². The molecule has 2 rings (SSSR count). The van der Waals surface area contributed by atoms with Crippen molar-refractivity contribution in [2.24, 2.45) is 5.73 Å². The lowest BCUT2D eigenvalue weighted by molar-refractivity contribution is -0.142. The summed E-state index contributed by atoms with van der Waals surface area (Å²) in [6, 6.07) is 5.04. The molecule has 1 aromatic rings. The third-order valence-corrected chi connectivity index (χ3v) is 3.34. The standard InChI is InChI=1S/C15H17NO6/c1-8(17)21-12-13(18)15(2,22-14(12)16)9-6-5-7-10(19-3)11(9)20-4/h5-7H,16H2,1-4H3. The predicted molar refractivity (Wildman–Crippen MR) is 76.0 cm³/mol. The van der Waals surface area contributed by atoms with Gasteiger partial charge in [0, 0.05) is 12.5 Å². The van der Waals surface area contributed by atoms with E-state index in [0.717, 1.165) is 0 Å². The molecule has 118 valence electrons. The number of carbonyl (C=O) groups is 2. The van der Waals surface area contributed by atoms with Gasteiger partial charge in [0.25, 0.3) is 5.78 Å². The summed E-state index contributed by atoms with van der Waals surface area (Å²) in [6.45, 7) is 2.70. The zero-order valence-electron chi connectivity index (χ0n) is 12.8. The number of rotatable bonds is 4. The molecule has 0 aromatic heterocycles. The molecule has 1 heterocycles. The second-order valence-corrected chi connectivity index (χ2v) is 4.79. The Morgan fingerprint density at radius 1 is 1.27 bits per heavy atom. The molecule has 0 aliphatic carbocycles. The molecule has 0 saturated carbocycles. The Balaban J connectivity index is 2.51. The summed E-state index contributed by atoms with van der Waals surface area (Å²) >= 11 is 0. The largest absolute Gasteiger partial charge is 0.493 e. The highest BCUT2D eigenvalue weighted by atomic mass is 16.6. The van der Waals surface area contributed by atoms with Gasteiger partial charge in [0.1, 0.15) is 0 Å². The maximum Gasteiger partial charge on any atom is 0.308 e. The number of ether oxygens (including phenoxy) is 4. The molecule has 7 nitrogen and oxygen atoms in total. The van der Waals surface area contributed by atoms with E-state index in [2.05, 4.69) is 0 Å². The number of esters is 1. The zero-order valence-corrected chi connectivity index (χ0v) is 12.8. The number of para-hydroxylation sites is 1. The maximum atomic E-state index is 12.6. The number of hydrogen-bond acceptors (Lipinski definition) is 7. The van der Waals surface area contributed by atoms with Crippen molar-refractivity contribution in [3.8, 4) is 11.5 Å². The van der Waals surface area contributed by atoms with Gasteiger partial charge >= 0.3 is 5.97 Å². The minimum absolute atomic E-state index is 0.243. The second kappa shape index (κ2) is 5.59. The molecule has 22 heavy (non-hydrogen) atoms. The molecule has 0 saturated heterocycles. The topological polar surface area (TPSA) is 97.1 Å². The van der Waals surface area contributed by atoms with Gasteiger partial charge in [-0.1, -0.05) is 12.1 Å². The fourth-order valence-corrected chi connectivity index (χ4v) is 2.32. The third kappa shape index (κ3) is 2.34. The van der Waals surface area contributed by atoms with E-state index in [1.54, 1.807) is 18.2 Å². The summed E-state index contributed by atoms with van der Waals surface area (Å²) < 4.78 is 20.9. The third-order valence-electron chi connectivity index (χ3n) is 3.34. The van der Waals surface area contributed by atoms with Crippen molar-refractivity contribution in [2.45, 2.75) is 19.4 Å². The normalized spacial score (nSPS) is 20.6. The number of ketones is 1. The number of nitrogens with two attached hydrogens (primary N) is 1. The van der Waals surface area contributed by atoms with Crippen LogP contribution in [0.1, 0.15) is 19.4 Å². The molecule has 1 aromatic carbocycles. The number of benzene rings is 1. The Morgan fingerprint density at radius 2 is 1.95 bits per heavy atom. The van der Waals surface area contributed by atoms with Crippen LogP contribution in [-0.4, -0.2) is 26.0 Å². The zero-order chi connectivity index (χ0) is 16.5. The molecule has 0 bridgehead atoms. The molecule has 1 unspecified atom stereocenters. The summed E-state index contributed by atoms with van der Waals surface area (Å²) in [5, 5.41) is 0. The first-order valence-electron chi connectivity index (χ1n) is 6.48. The van der Waals surface area contributed by atoms with Crippen LogP contribution in [0, 0.1) is 0 Å². The van der Waals surface area contributed by atoms with Gasteiger partial charge in [-0.2, -0.15) is 0 Å². The molecule has 0 spiro atoms. The molecule has 1 aliphatic heterocycles. The second-order valence-electron chi connectivity index (χ2n) is 4.79. The Kier molecular flexibility index (Phi) is 3.99. The minimum Gasteiger partial charge on any atom is -0.493 e. The summed E-state index contributed by atoms with van der Waals surface area (Å²) in [6.07, 6.45) is 0. The average molecular weight is 307 g/mol. The van der Waals surface area contributed by atoms with E-state index in [0.29, 0.717) is 17.1 Å². The summed E-state index contributed by atoms with van der Waals surface area (Å²) in [5.41, 5.74) is 4.64. The Morgan fingerprint density at radius 3 is 2.50 bits per heavy atom. The Labute approximate surface area is 127 Å².